The summed E-state index contributed by atoms with van der Waals surface area (Å²) in [7, 11) is 2.01. The van der Waals surface area contributed by atoms with Crippen molar-refractivity contribution in [1.82, 2.24) is 10.3 Å². The fourth-order valence-corrected chi connectivity index (χ4v) is 3.24. The van der Waals surface area contributed by atoms with E-state index in [0.29, 0.717) is 6.04 Å². The van der Waals surface area contributed by atoms with Crippen LogP contribution in [-0.2, 0) is 6.42 Å². The zero-order valence-electron chi connectivity index (χ0n) is 10.8. The van der Waals surface area contributed by atoms with Crippen molar-refractivity contribution >= 4 is 27.3 Å². The van der Waals surface area contributed by atoms with Gasteiger partial charge in [0.1, 0.15) is 0 Å². The van der Waals surface area contributed by atoms with Crippen LogP contribution in [0, 0.1) is 13.8 Å². The lowest BCUT2D eigenvalue weighted by molar-refractivity contribution is 0.594. The van der Waals surface area contributed by atoms with Gasteiger partial charge in [0, 0.05) is 38.6 Å². The highest BCUT2D eigenvalue weighted by molar-refractivity contribution is 9.10. The number of halogens is 1. The van der Waals surface area contributed by atoms with Gasteiger partial charge in [-0.25, -0.2) is 0 Å². The van der Waals surface area contributed by atoms with Gasteiger partial charge in [0.15, 0.2) is 0 Å². The number of hydrogen-bond donors (Lipinski definition) is 1. The molecule has 0 amide bonds. The molecule has 2 nitrogen and oxygen atoms in total. The quantitative estimate of drug-likeness (QED) is 0.918. The standard InChI is InChI=1S/C14H17BrN2S/c1-9-6-14(18-10(9)2)13(16-3)7-12-5-4-11(15)8-17-12/h4-6,8,13,16H,7H2,1-3H3. The number of likely N-dealkylation sites (N-methyl/N-ethyl adjacent to an activating group) is 1. The number of nitrogens with zero attached hydrogens (tertiary/aromatic N) is 1. The van der Waals surface area contributed by atoms with E-state index >= 15 is 0 Å². The highest BCUT2D eigenvalue weighted by Crippen LogP contribution is 2.28. The van der Waals surface area contributed by atoms with Crippen molar-refractivity contribution in [3.8, 4) is 0 Å². The van der Waals surface area contributed by atoms with Crippen molar-refractivity contribution in [2.75, 3.05) is 7.05 Å². The van der Waals surface area contributed by atoms with Crippen LogP contribution in [0.4, 0.5) is 0 Å². The molecule has 18 heavy (non-hydrogen) atoms. The second-order valence-corrected chi connectivity index (χ2v) is 6.60. The molecular weight excluding hydrogens is 308 g/mol. The van der Waals surface area contributed by atoms with Crippen molar-refractivity contribution in [2.45, 2.75) is 26.3 Å². The average molecular weight is 325 g/mol. The molecule has 0 aromatic carbocycles. The van der Waals surface area contributed by atoms with Gasteiger partial charge in [-0.2, -0.15) is 0 Å². The molecule has 1 N–H and O–H groups in total. The Morgan fingerprint density at radius 3 is 2.67 bits per heavy atom. The Labute approximate surface area is 121 Å². The smallest absolute Gasteiger partial charge is 0.0468 e. The molecule has 2 rings (SSSR count). The van der Waals surface area contributed by atoms with Gasteiger partial charge >= 0.3 is 0 Å². The van der Waals surface area contributed by atoms with E-state index in [1.807, 2.05) is 30.6 Å². The first-order valence-electron chi connectivity index (χ1n) is 5.94. The Kier molecular flexibility index (Phi) is 4.54. The molecule has 0 aliphatic carbocycles. The minimum Gasteiger partial charge on any atom is -0.312 e. The second-order valence-electron chi connectivity index (χ2n) is 4.40. The third-order valence-corrected chi connectivity index (χ3v) is 4.81. The summed E-state index contributed by atoms with van der Waals surface area (Å²) in [5.74, 6) is 0. The second kappa shape index (κ2) is 5.95. The maximum Gasteiger partial charge on any atom is 0.0468 e. The summed E-state index contributed by atoms with van der Waals surface area (Å²) in [5, 5.41) is 3.38. The maximum atomic E-state index is 4.44. The van der Waals surface area contributed by atoms with Crippen LogP contribution in [-0.4, -0.2) is 12.0 Å². The molecule has 0 fully saturated rings. The lowest BCUT2D eigenvalue weighted by Gasteiger charge is -2.14. The number of pyridine rings is 1. The molecule has 0 spiro atoms. The molecule has 96 valence electrons. The first-order valence-corrected chi connectivity index (χ1v) is 7.55. The molecule has 0 aliphatic heterocycles. The largest absolute Gasteiger partial charge is 0.312 e. The number of aromatic nitrogens is 1. The van der Waals surface area contributed by atoms with Gasteiger partial charge in [-0.15, -0.1) is 11.3 Å². The molecule has 4 heteroatoms. The highest BCUT2D eigenvalue weighted by Gasteiger charge is 2.14. The fourth-order valence-electron chi connectivity index (χ4n) is 1.85. The Hall–Kier alpha value is -0.710. The van der Waals surface area contributed by atoms with Crippen LogP contribution in [0.25, 0.3) is 0 Å². The minimum absolute atomic E-state index is 0.344. The first kappa shape index (κ1) is 13.7. The molecule has 2 aromatic heterocycles. The number of aryl methyl sites for hydroxylation is 2. The van der Waals surface area contributed by atoms with E-state index in [9.17, 15) is 0 Å². The number of rotatable bonds is 4. The molecule has 2 heterocycles. The van der Waals surface area contributed by atoms with Crippen molar-refractivity contribution in [2.24, 2.45) is 0 Å². The Morgan fingerprint density at radius 2 is 2.17 bits per heavy atom. The number of hydrogen-bond acceptors (Lipinski definition) is 3. The third-order valence-electron chi connectivity index (χ3n) is 3.08. The SMILES string of the molecule is CNC(Cc1ccc(Br)cn1)c1cc(C)c(C)s1. The summed E-state index contributed by atoms with van der Waals surface area (Å²) < 4.78 is 1.02. The third kappa shape index (κ3) is 3.19. The summed E-state index contributed by atoms with van der Waals surface area (Å²) in [6, 6.07) is 6.73. The van der Waals surface area contributed by atoms with E-state index in [0.717, 1.165) is 16.6 Å². The normalized spacial score (nSPS) is 12.7. The van der Waals surface area contributed by atoms with E-state index in [-0.39, 0.29) is 0 Å². The summed E-state index contributed by atoms with van der Waals surface area (Å²) in [6.07, 6.45) is 2.77. The van der Waals surface area contributed by atoms with E-state index < -0.39 is 0 Å². The molecule has 0 radical (unpaired) electrons. The van der Waals surface area contributed by atoms with Crippen LogP contribution < -0.4 is 5.32 Å². The van der Waals surface area contributed by atoms with Gasteiger partial charge in [-0.05, 0) is 60.6 Å². The van der Waals surface area contributed by atoms with Crippen LogP contribution in [0.5, 0.6) is 0 Å². The molecule has 0 bridgehead atoms. The molecule has 1 atom stereocenters. The first-order chi connectivity index (χ1) is 8.60. The Balaban J connectivity index is 2.16. The zero-order valence-corrected chi connectivity index (χ0v) is 13.2. The molecular formula is C14H17BrN2S. The van der Waals surface area contributed by atoms with Crippen LogP contribution >= 0.6 is 27.3 Å². The molecule has 0 aliphatic rings. The van der Waals surface area contributed by atoms with Gasteiger partial charge < -0.3 is 5.32 Å². The molecule has 0 saturated carbocycles. The summed E-state index contributed by atoms with van der Waals surface area (Å²) in [4.78, 5) is 7.22. The zero-order chi connectivity index (χ0) is 13.1. The predicted molar refractivity (Wildman–Crippen MR) is 81.2 cm³/mol. The fraction of sp³-hybridized carbons (Fsp3) is 0.357. The van der Waals surface area contributed by atoms with Crippen molar-refractivity contribution in [3.63, 3.8) is 0 Å². The maximum absolute atomic E-state index is 4.44. The van der Waals surface area contributed by atoms with E-state index in [1.165, 1.54) is 15.3 Å². The van der Waals surface area contributed by atoms with Gasteiger partial charge in [0.05, 0.1) is 0 Å². The molecule has 0 saturated heterocycles. The van der Waals surface area contributed by atoms with E-state index in [4.69, 9.17) is 0 Å². The van der Waals surface area contributed by atoms with Crippen LogP contribution in [0.2, 0.25) is 0 Å². The summed E-state index contributed by atoms with van der Waals surface area (Å²) >= 11 is 5.28. The Morgan fingerprint density at radius 1 is 1.39 bits per heavy atom. The summed E-state index contributed by atoms with van der Waals surface area (Å²) in [6.45, 7) is 4.34. The average Bonchev–Trinajstić information content (AvgIpc) is 2.69. The number of nitrogens with one attached hydrogen (secondary N) is 1. The minimum atomic E-state index is 0.344. The molecule has 1 unspecified atom stereocenters. The molecule has 2 aromatic rings. The van der Waals surface area contributed by atoms with Crippen molar-refractivity contribution in [3.05, 3.63) is 49.9 Å². The van der Waals surface area contributed by atoms with Crippen LogP contribution in [0.15, 0.2) is 28.9 Å². The van der Waals surface area contributed by atoms with Crippen molar-refractivity contribution < 1.29 is 0 Å². The van der Waals surface area contributed by atoms with E-state index in [2.05, 4.69) is 52.2 Å². The predicted octanol–water partition coefficient (Wildman–Crippen LogP) is 4.03. The van der Waals surface area contributed by atoms with Gasteiger partial charge in [-0.3, -0.25) is 4.98 Å². The topological polar surface area (TPSA) is 24.9 Å². The lowest BCUT2D eigenvalue weighted by Crippen LogP contribution is -2.18. The number of thiophene rings is 1. The van der Waals surface area contributed by atoms with Crippen LogP contribution in [0.1, 0.15) is 27.1 Å². The van der Waals surface area contributed by atoms with E-state index in [1.54, 1.807) is 0 Å². The lowest BCUT2D eigenvalue weighted by atomic mass is 10.1. The highest BCUT2D eigenvalue weighted by atomic mass is 79.9. The van der Waals surface area contributed by atoms with Gasteiger partial charge in [0.25, 0.3) is 0 Å². The monoisotopic (exact) mass is 324 g/mol. The van der Waals surface area contributed by atoms with Gasteiger partial charge in [-0.1, -0.05) is 0 Å². The Bertz CT molecular complexity index is 500. The van der Waals surface area contributed by atoms with Crippen molar-refractivity contribution in [1.29, 1.82) is 0 Å². The summed E-state index contributed by atoms with van der Waals surface area (Å²) in [5.41, 5.74) is 2.49. The van der Waals surface area contributed by atoms with Gasteiger partial charge in [0.2, 0.25) is 0 Å². The van der Waals surface area contributed by atoms with Crippen LogP contribution in [0.3, 0.4) is 0 Å².